The summed E-state index contributed by atoms with van der Waals surface area (Å²) in [5.74, 6) is 0. The summed E-state index contributed by atoms with van der Waals surface area (Å²) in [6, 6.07) is 21.8. The first-order valence-corrected chi connectivity index (χ1v) is 15.2. The summed E-state index contributed by atoms with van der Waals surface area (Å²) in [5, 5.41) is 2.66. The van der Waals surface area contributed by atoms with Gasteiger partial charge in [0.25, 0.3) is 8.32 Å². The highest BCUT2D eigenvalue weighted by atomic mass is 28.4. The molecule has 2 heteroatoms. The molecule has 0 amide bonds. The molecule has 0 heterocycles. The standard InChI is InChI=1S/C33H48OSi/c1-9-28(4)19-18-25-33(10-2,11-3)27-29(5)24-26-34-35(32(6,7)8,30-20-14-12-15-21-30)31-22-16-13-17-23-31/h10,12-17,19-24H,2,9,11,18,25-27H2,1,3-8H3/b28-19-,29-24+. The summed E-state index contributed by atoms with van der Waals surface area (Å²) in [4.78, 5) is 0. The highest BCUT2D eigenvalue weighted by molar-refractivity contribution is 6.99. The van der Waals surface area contributed by atoms with Crippen LogP contribution in [0.4, 0.5) is 0 Å². The van der Waals surface area contributed by atoms with Crippen molar-refractivity contribution in [2.24, 2.45) is 5.41 Å². The first-order chi connectivity index (χ1) is 16.6. The van der Waals surface area contributed by atoms with Gasteiger partial charge >= 0.3 is 0 Å². The van der Waals surface area contributed by atoms with Gasteiger partial charge in [-0.05, 0) is 66.8 Å². The molecule has 0 saturated heterocycles. The van der Waals surface area contributed by atoms with Crippen molar-refractivity contribution in [3.8, 4) is 0 Å². The summed E-state index contributed by atoms with van der Waals surface area (Å²) < 4.78 is 7.07. The van der Waals surface area contributed by atoms with Crippen molar-refractivity contribution in [1.82, 2.24) is 0 Å². The molecular weight excluding hydrogens is 440 g/mol. The van der Waals surface area contributed by atoms with E-state index >= 15 is 0 Å². The van der Waals surface area contributed by atoms with E-state index < -0.39 is 8.32 Å². The molecule has 2 aromatic rings. The van der Waals surface area contributed by atoms with Gasteiger partial charge in [0.05, 0.1) is 6.61 Å². The third-order valence-corrected chi connectivity index (χ3v) is 12.6. The number of benzene rings is 2. The topological polar surface area (TPSA) is 9.23 Å². The van der Waals surface area contributed by atoms with Crippen molar-refractivity contribution in [3.05, 3.63) is 96.6 Å². The molecule has 0 bridgehead atoms. The average Bonchev–Trinajstić information content (AvgIpc) is 2.86. The summed E-state index contributed by atoms with van der Waals surface area (Å²) >= 11 is 0. The fourth-order valence-corrected chi connectivity index (χ4v) is 9.65. The maximum Gasteiger partial charge on any atom is 0.261 e. The zero-order valence-corrected chi connectivity index (χ0v) is 24.4. The monoisotopic (exact) mass is 488 g/mol. The molecule has 0 N–H and O–H groups in total. The Labute approximate surface area is 217 Å². The van der Waals surface area contributed by atoms with Crippen LogP contribution in [0.25, 0.3) is 0 Å². The van der Waals surface area contributed by atoms with Gasteiger partial charge in [-0.2, -0.15) is 0 Å². The second-order valence-corrected chi connectivity index (χ2v) is 15.4. The Hall–Kier alpha value is -2.16. The average molecular weight is 489 g/mol. The fourth-order valence-electron chi connectivity index (χ4n) is 5.16. The molecule has 0 radical (unpaired) electrons. The Morgan fingerprint density at radius 3 is 1.83 bits per heavy atom. The predicted octanol–water partition coefficient (Wildman–Crippen LogP) is 8.62. The van der Waals surface area contributed by atoms with Crippen LogP contribution in [-0.4, -0.2) is 14.9 Å². The summed E-state index contributed by atoms with van der Waals surface area (Å²) in [6.45, 7) is 20.9. The van der Waals surface area contributed by atoms with Gasteiger partial charge in [-0.1, -0.05) is 125 Å². The van der Waals surface area contributed by atoms with E-state index in [2.05, 4.69) is 134 Å². The molecule has 1 atom stereocenters. The molecule has 0 fully saturated rings. The molecule has 0 aromatic heterocycles. The van der Waals surface area contributed by atoms with Gasteiger partial charge in [0, 0.05) is 0 Å². The van der Waals surface area contributed by atoms with Crippen LogP contribution < -0.4 is 10.4 Å². The summed E-state index contributed by atoms with van der Waals surface area (Å²) in [7, 11) is -2.50. The third-order valence-electron chi connectivity index (χ3n) is 7.61. The maximum absolute atomic E-state index is 7.07. The summed E-state index contributed by atoms with van der Waals surface area (Å²) in [5.41, 5.74) is 3.01. The Morgan fingerprint density at radius 2 is 1.40 bits per heavy atom. The minimum absolute atomic E-state index is 0.00475. The molecule has 2 aromatic carbocycles. The molecule has 1 unspecified atom stereocenters. The van der Waals surface area contributed by atoms with Crippen molar-refractivity contribution >= 4 is 18.7 Å². The summed E-state index contributed by atoms with van der Waals surface area (Å²) in [6.07, 6.45) is 12.5. The molecule has 2 rings (SSSR count). The van der Waals surface area contributed by atoms with E-state index in [9.17, 15) is 0 Å². The Balaban J connectivity index is 2.31. The number of rotatable bonds is 13. The van der Waals surface area contributed by atoms with E-state index in [1.807, 2.05) is 0 Å². The van der Waals surface area contributed by atoms with Crippen molar-refractivity contribution in [1.29, 1.82) is 0 Å². The predicted molar refractivity (Wildman–Crippen MR) is 158 cm³/mol. The van der Waals surface area contributed by atoms with E-state index in [0.717, 1.165) is 32.1 Å². The highest BCUT2D eigenvalue weighted by Crippen LogP contribution is 2.38. The lowest BCUT2D eigenvalue weighted by molar-refractivity contribution is 0.325. The van der Waals surface area contributed by atoms with Gasteiger partial charge in [-0.3, -0.25) is 0 Å². The number of allylic oxidation sites excluding steroid dienone is 4. The van der Waals surface area contributed by atoms with Gasteiger partial charge in [0.1, 0.15) is 0 Å². The first-order valence-electron chi connectivity index (χ1n) is 13.3. The fraction of sp³-hybridized carbons (Fsp3) is 0.455. The lowest BCUT2D eigenvalue weighted by Crippen LogP contribution is -2.66. The van der Waals surface area contributed by atoms with Crippen LogP contribution in [0.3, 0.4) is 0 Å². The largest absolute Gasteiger partial charge is 0.404 e. The lowest BCUT2D eigenvalue weighted by Gasteiger charge is -2.43. The Morgan fingerprint density at radius 1 is 0.857 bits per heavy atom. The van der Waals surface area contributed by atoms with Crippen LogP contribution in [0, 0.1) is 5.41 Å². The second-order valence-electron chi connectivity index (χ2n) is 11.1. The normalized spacial score (nSPS) is 15.1. The zero-order valence-electron chi connectivity index (χ0n) is 23.4. The third kappa shape index (κ3) is 7.41. The molecule has 0 aliphatic heterocycles. The molecule has 35 heavy (non-hydrogen) atoms. The quantitative estimate of drug-likeness (QED) is 0.202. The SMILES string of the molecule is C=CC(CC)(CC/C=C(/C)CC)C/C(C)=C/CO[Si](c1ccccc1)(c1ccccc1)C(C)(C)C. The van der Waals surface area contributed by atoms with E-state index in [-0.39, 0.29) is 10.5 Å². The smallest absolute Gasteiger partial charge is 0.261 e. The lowest BCUT2D eigenvalue weighted by atomic mass is 9.75. The van der Waals surface area contributed by atoms with Crippen LogP contribution in [0.2, 0.25) is 5.04 Å². The molecule has 0 aliphatic rings. The Bertz CT molecular complexity index is 926. The van der Waals surface area contributed by atoms with E-state index in [0.29, 0.717) is 6.61 Å². The second kappa shape index (κ2) is 13.2. The number of hydrogen-bond acceptors (Lipinski definition) is 1. The van der Waals surface area contributed by atoms with E-state index in [1.54, 1.807) is 0 Å². The molecular formula is C33H48OSi. The molecule has 1 nitrogen and oxygen atoms in total. The van der Waals surface area contributed by atoms with Gasteiger partial charge in [0.15, 0.2) is 0 Å². The van der Waals surface area contributed by atoms with Gasteiger partial charge in [0.2, 0.25) is 0 Å². The first kappa shape index (κ1) is 29.1. The number of hydrogen-bond donors (Lipinski definition) is 0. The van der Waals surface area contributed by atoms with Crippen molar-refractivity contribution in [3.63, 3.8) is 0 Å². The van der Waals surface area contributed by atoms with Gasteiger partial charge in [-0.15, -0.1) is 6.58 Å². The molecule has 190 valence electrons. The van der Waals surface area contributed by atoms with Crippen molar-refractivity contribution in [2.75, 3.05) is 6.61 Å². The maximum atomic E-state index is 7.07. The van der Waals surface area contributed by atoms with Crippen LogP contribution in [0.5, 0.6) is 0 Å². The van der Waals surface area contributed by atoms with E-state index in [1.165, 1.54) is 21.5 Å². The van der Waals surface area contributed by atoms with Gasteiger partial charge < -0.3 is 4.43 Å². The highest BCUT2D eigenvalue weighted by Gasteiger charge is 2.49. The van der Waals surface area contributed by atoms with Crippen LogP contribution in [0.15, 0.2) is 96.6 Å². The zero-order chi connectivity index (χ0) is 26.0. The minimum atomic E-state index is -2.50. The van der Waals surface area contributed by atoms with E-state index in [4.69, 9.17) is 4.43 Å². The molecule has 0 saturated carbocycles. The molecule has 0 aliphatic carbocycles. The van der Waals surface area contributed by atoms with Crippen LogP contribution in [-0.2, 0) is 4.43 Å². The molecule has 0 spiro atoms. The van der Waals surface area contributed by atoms with Gasteiger partial charge in [-0.25, -0.2) is 0 Å². The van der Waals surface area contributed by atoms with Crippen molar-refractivity contribution < 1.29 is 4.43 Å². The van der Waals surface area contributed by atoms with Crippen LogP contribution in [0.1, 0.15) is 80.6 Å². The van der Waals surface area contributed by atoms with Crippen molar-refractivity contribution in [2.45, 2.75) is 85.6 Å². The Kier molecular flexibility index (Phi) is 11.0. The minimum Gasteiger partial charge on any atom is -0.404 e. The van der Waals surface area contributed by atoms with Crippen LogP contribution >= 0.6 is 0 Å².